The highest BCUT2D eigenvalue weighted by Gasteiger charge is 2.47. The molecule has 3 aromatic carbocycles. The van der Waals surface area contributed by atoms with E-state index in [2.05, 4.69) is 29.6 Å². The molecule has 0 saturated carbocycles. The van der Waals surface area contributed by atoms with E-state index >= 15 is 0 Å². The Hall–Kier alpha value is -3.22. The summed E-state index contributed by atoms with van der Waals surface area (Å²) < 4.78 is 10.8. The summed E-state index contributed by atoms with van der Waals surface area (Å²) in [5.74, 6) is -0.903. The minimum atomic E-state index is -2.19. The van der Waals surface area contributed by atoms with Gasteiger partial charge in [0.25, 0.3) is 0 Å². The van der Waals surface area contributed by atoms with Crippen LogP contribution in [-0.4, -0.2) is 33.4 Å². The Morgan fingerprint density at radius 1 is 0.848 bits per heavy atom. The Kier molecular flexibility index (Phi) is 6.23. The van der Waals surface area contributed by atoms with E-state index in [-0.39, 0.29) is 6.42 Å². The van der Waals surface area contributed by atoms with Gasteiger partial charge in [0.2, 0.25) is 8.32 Å². The highest BCUT2D eigenvalue weighted by atomic mass is 28.4. The summed E-state index contributed by atoms with van der Waals surface area (Å²) in [6.45, 7) is 5.85. The molecule has 0 heterocycles. The summed E-state index contributed by atoms with van der Waals surface area (Å²) >= 11 is 0. The number of fused-ring (bicyclic) bond motifs is 3. The van der Waals surface area contributed by atoms with Crippen molar-refractivity contribution >= 4 is 20.3 Å². The van der Waals surface area contributed by atoms with Gasteiger partial charge in [-0.1, -0.05) is 78.9 Å². The van der Waals surface area contributed by atoms with Crippen molar-refractivity contribution in [2.75, 3.05) is 7.11 Å². The molecule has 0 aromatic heterocycles. The van der Waals surface area contributed by atoms with Gasteiger partial charge >= 0.3 is 11.9 Å². The molecule has 0 saturated heterocycles. The maximum Gasteiger partial charge on any atom is 0.310 e. The summed E-state index contributed by atoms with van der Waals surface area (Å²) in [6, 6.07) is 25.5. The molecule has 0 radical (unpaired) electrons. The first-order valence-corrected chi connectivity index (χ1v) is 14.5. The molecule has 0 unspecified atom stereocenters. The molecule has 0 amide bonds. The second-order valence-electron chi connectivity index (χ2n) is 9.22. The predicted molar refractivity (Wildman–Crippen MR) is 131 cm³/mol. The lowest BCUT2D eigenvalue weighted by molar-refractivity contribution is -0.147. The molecule has 1 aliphatic rings. The van der Waals surface area contributed by atoms with Gasteiger partial charge in [0.1, 0.15) is 6.04 Å². The second kappa shape index (κ2) is 8.96. The topological polar surface area (TPSA) is 64.6 Å². The largest absolute Gasteiger partial charge is 0.519 e. The van der Waals surface area contributed by atoms with Crippen molar-refractivity contribution in [2.45, 2.75) is 37.6 Å². The van der Waals surface area contributed by atoms with Crippen molar-refractivity contribution in [3.8, 4) is 11.1 Å². The summed E-state index contributed by atoms with van der Waals surface area (Å²) in [4.78, 5) is 25.7. The van der Waals surface area contributed by atoms with Crippen LogP contribution >= 0.6 is 0 Å². The third kappa shape index (κ3) is 4.36. The molecule has 170 valence electrons. The molecular formula is C27H29NO4Si. The zero-order valence-electron chi connectivity index (χ0n) is 19.4. The van der Waals surface area contributed by atoms with Gasteiger partial charge in [0.05, 0.1) is 19.1 Å². The van der Waals surface area contributed by atoms with Gasteiger partial charge in [-0.15, -0.1) is 0 Å². The third-order valence-electron chi connectivity index (χ3n) is 5.84. The quantitative estimate of drug-likeness (QED) is 0.404. The van der Waals surface area contributed by atoms with Gasteiger partial charge in [-0.25, -0.2) is 0 Å². The molecule has 33 heavy (non-hydrogen) atoms. The van der Waals surface area contributed by atoms with Crippen molar-refractivity contribution in [3.63, 3.8) is 0 Å². The lowest BCUT2D eigenvalue weighted by atomic mass is 9.79. The minimum Gasteiger partial charge on any atom is -0.519 e. The van der Waals surface area contributed by atoms with Crippen molar-refractivity contribution in [1.82, 2.24) is 5.32 Å². The standard InChI is InChI=1S/C27H29NO4Si/c1-31-25(29)18-24(26(30)32-33(2,3)4)28-27(19-12-6-5-7-13-19)22-16-10-8-14-20(22)21-15-9-11-17-23(21)27/h5-17,24,28H,18H2,1-4H3/t24-/m1/s1. The molecule has 4 rings (SSSR count). The van der Waals surface area contributed by atoms with E-state index in [1.54, 1.807) is 0 Å². The monoisotopic (exact) mass is 459 g/mol. The summed E-state index contributed by atoms with van der Waals surface area (Å²) in [5, 5.41) is 3.59. The summed E-state index contributed by atoms with van der Waals surface area (Å²) in [5.41, 5.74) is 4.42. The van der Waals surface area contributed by atoms with Crippen molar-refractivity contribution in [1.29, 1.82) is 0 Å². The molecule has 1 atom stereocenters. The van der Waals surface area contributed by atoms with E-state index in [1.807, 2.05) is 74.2 Å². The van der Waals surface area contributed by atoms with Gasteiger partial charge in [-0.2, -0.15) is 0 Å². The third-order valence-corrected chi connectivity index (χ3v) is 6.65. The number of rotatable bonds is 7. The van der Waals surface area contributed by atoms with E-state index in [1.165, 1.54) is 7.11 Å². The van der Waals surface area contributed by atoms with Crippen molar-refractivity contribution in [2.24, 2.45) is 0 Å². The highest BCUT2D eigenvalue weighted by Crippen LogP contribution is 2.51. The van der Waals surface area contributed by atoms with E-state index < -0.39 is 31.8 Å². The van der Waals surface area contributed by atoms with Crippen LogP contribution in [0.4, 0.5) is 0 Å². The number of nitrogens with one attached hydrogen (secondary N) is 1. The van der Waals surface area contributed by atoms with E-state index in [0.29, 0.717) is 0 Å². The van der Waals surface area contributed by atoms with Crippen LogP contribution < -0.4 is 5.32 Å². The normalized spacial score (nSPS) is 14.7. The fraction of sp³-hybridized carbons (Fsp3) is 0.259. The zero-order chi connectivity index (χ0) is 23.6. The van der Waals surface area contributed by atoms with Gasteiger partial charge in [0.15, 0.2) is 0 Å². The lowest BCUT2D eigenvalue weighted by Gasteiger charge is -2.37. The molecule has 6 heteroatoms. The number of ether oxygens (including phenoxy) is 1. The maximum absolute atomic E-state index is 13.3. The highest BCUT2D eigenvalue weighted by molar-refractivity contribution is 6.71. The smallest absolute Gasteiger partial charge is 0.310 e. The second-order valence-corrected chi connectivity index (χ2v) is 13.6. The van der Waals surface area contributed by atoms with Crippen LogP contribution in [0.2, 0.25) is 19.6 Å². The number of carbonyl (C=O) groups excluding carboxylic acids is 2. The first-order valence-electron chi connectivity index (χ1n) is 11.1. The molecule has 1 aliphatic carbocycles. The van der Waals surface area contributed by atoms with Crippen LogP contribution in [0.1, 0.15) is 23.1 Å². The number of hydrogen-bond acceptors (Lipinski definition) is 5. The van der Waals surface area contributed by atoms with Crippen LogP contribution in [0.5, 0.6) is 0 Å². The Morgan fingerprint density at radius 2 is 1.36 bits per heavy atom. The first-order chi connectivity index (χ1) is 15.8. The fourth-order valence-corrected chi connectivity index (χ4v) is 5.30. The number of methoxy groups -OCH3 is 1. The SMILES string of the molecule is COC(=O)C[C@@H](NC1(c2ccccc2)c2ccccc2-c2ccccc21)C(=O)O[Si](C)(C)C. The van der Waals surface area contributed by atoms with Crippen molar-refractivity contribution < 1.29 is 18.8 Å². The minimum absolute atomic E-state index is 0.126. The molecular weight excluding hydrogens is 430 g/mol. The summed E-state index contributed by atoms with van der Waals surface area (Å²) in [7, 11) is -0.859. The average Bonchev–Trinajstić information content (AvgIpc) is 3.09. The molecule has 5 nitrogen and oxygen atoms in total. The van der Waals surface area contributed by atoms with E-state index in [0.717, 1.165) is 27.8 Å². The Bertz CT molecular complexity index is 1120. The number of benzene rings is 3. The molecule has 1 N–H and O–H groups in total. The first kappa shape index (κ1) is 23.0. The Labute approximate surface area is 195 Å². The molecule has 0 aliphatic heterocycles. The Morgan fingerprint density at radius 3 is 1.88 bits per heavy atom. The van der Waals surface area contributed by atoms with Gasteiger partial charge in [-0.3, -0.25) is 14.9 Å². The van der Waals surface area contributed by atoms with Crippen molar-refractivity contribution in [3.05, 3.63) is 95.6 Å². The van der Waals surface area contributed by atoms with Gasteiger partial charge in [0, 0.05) is 0 Å². The Balaban J connectivity index is 1.92. The fourth-order valence-electron chi connectivity index (χ4n) is 4.55. The molecule has 3 aromatic rings. The van der Waals surface area contributed by atoms with Crippen LogP contribution in [0, 0.1) is 0 Å². The predicted octanol–water partition coefficient (Wildman–Crippen LogP) is 4.86. The lowest BCUT2D eigenvalue weighted by Crippen LogP contribution is -2.54. The number of carbonyl (C=O) groups is 2. The van der Waals surface area contributed by atoms with Crippen LogP contribution in [0.3, 0.4) is 0 Å². The number of hydrogen-bond donors (Lipinski definition) is 1. The van der Waals surface area contributed by atoms with Gasteiger partial charge < -0.3 is 9.16 Å². The van der Waals surface area contributed by atoms with Gasteiger partial charge in [-0.05, 0) is 47.5 Å². The summed E-state index contributed by atoms with van der Waals surface area (Å²) in [6.07, 6.45) is -0.126. The van der Waals surface area contributed by atoms with Crippen LogP contribution in [-0.2, 0) is 24.3 Å². The zero-order valence-corrected chi connectivity index (χ0v) is 20.4. The maximum atomic E-state index is 13.3. The van der Waals surface area contributed by atoms with Crippen LogP contribution in [0.25, 0.3) is 11.1 Å². The van der Waals surface area contributed by atoms with E-state index in [4.69, 9.17) is 9.16 Å². The van der Waals surface area contributed by atoms with E-state index in [9.17, 15) is 9.59 Å². The molecule has 0 bridgehead atoms. The number of esters is 1. The molecule has 0 fully saturated rings. The molecule has 0 spiro atoms. The van der Waals surface area contributed by atoms with Crippen LogP contribution in [0.15, 0.2) is 78.9 Å². The average molecular weight is 460 g/mol.